The summed E-state index contributed by atoms with van der Waals surface area (Å²) < 4.78 is 7.28. The summed E-state index contributed by atoms with van der Waals surface area (Å²) in [6.45, 7) is 3.85. The van der Waals surface area contributed by atoms with Gasteiger partial charge in [0, 0.05) is 32.4 Å². The SMILES string of the molecule is NCCn1cc(CNCC2CCCO2)nn1. The molecule has 3 N–H and O–H groups in total. The number of nitrogens with zero attached hydrogens (tertiary/aromatic N) is 3. The van der Waals surface area contributed by atoms with Gasteiger partial charge in [-0.2, -0.15) is 0 Å². The number of nitrogens with two attached hydrogens (primary N) is 1. The second-order valence-electron chi connectivity index (χ2n) is 4.03. The van der Waals surface area contributed by atoms with Crippen LogP contribution in [-0.4, -0.2) is 40.8 Å². The van der Waals surface area contributed by atoms with Crippen LogP contribution in [0.15, 0.2) is 6.20 Å². The minimum atomic E-state index is 0.374. The number of ether oxygens (including phenoxy) is 1. The fourth-order valence-corrected chi connectivity index (χ4v) is 1.83. The van der Waals surface area contributed by atoms with Crippen LogP contribution in [0.2, 0.25) is 0 Å². The summed E-state index contributed by atoms with van der Waals surface area (Å²) in [6.07, 6.45) is 4.64. The summed E-state index contributed by atoms with van der Waals surface area (Å²) in [5.41, 5.74) is 6.38. The number of hydrogen-bond donors (Lipinski definition) is 2. The molecule has 6 nitrogen and oxygen atoms in total. The van der Waals surface area contributed by atoms with Crippen molar-refractivity contribution in [1.82, 2.24) is 20.3 Å². The second-order valence-corrected chi connectivity index (χ2v) is 4.03. The number of rotatable bonds is 6. The fourth-order valence-electron chi connectivity index (χ4n) is 1.83. The average Bonchev–Trinajstić information content (AvgIpc) is 2.90. The molecule has 6 heteroatoms. The molecule has 90 valence electrons. The molecule has 1 fully saturated rings. The van der Waals surface area contributed by atoms with Gasteiger partial charge in [0.25, 0.3) is 0 Å². The van der Waals surface area contributed by atoms with Crippen molar-refractivity contribution in [2.24, 2.45) is 5.73 Å². The van der Waals surface area contributed by atoms with E-state index < -0.39 is 0 Å². The lowest BCUT2D eigenvalue weighted by molar-refractivity contribution is 0.110. The molecular weight excluding hydrogens is 206 g/mol. The molecule has 1 aromatic rings. The second kappa shape index (κ2) is 5.93. The van der Waals surface area contributed by atoms with Gasteiger partial charge in [0.15, 0.2) is 0 Å². The smallest absolute Gasteiger partial charge is 0.0964 e. The highest BCUT2D eigenvalue weighted by Crippen LogP contribution is 2.10. The molecule has 1 unspecified atom stereocenters. The van der Waals surface area contributed by atoms with E-state index in [1.54, 1.807) is 4.68 Å². The van der Waals surface area contributed by atoms with Gasteiger partial charge >= 0.3 is 0 Å². The molecule has 1 aromatic heterocycles. The molecule has 0 saturated carbocycles. The summed E-state index contributed by atoms with van der Waals surface area (Å²) in [4.78, 5) is 0. The van der Waals surface area contributed by atoms with E-state index >= 15 is 0 Å². The third kappa shape index (κ3) is 3.26. The molecule has 1 saturated heterocycles. The Bertz CT molecular complexity index is 308. The van der Waals surface area contributed by atoms with Crippen LogP contribution >= 0.6 is 0 Å². The van der Waals surface area contributed by atoms with E-state index in [0.717, 1.165) is 38.4 Å². The molecule has 16 heavy (non-hydrogen) atoms. The molecule has 0 amide bonds. The average molecular weight is 225 g/mol. The molecular formula is C10H19N5O. The number of nitrogens with one attached hydrogen (secondary N) is 1. The van der Waals surface area contributed by atoms with E-state index in [2.05, 4.69) is 15.6 Å². The zero-order chi connectivity index (χ0) is 11.2. The molecule has 0 aliphatic carbocycles. The van der Waals surface area contributed by atoms with Crippen LogP contribution in [0.1, 0.15) is 18.5 Å². The molecule has 0 spiro atoms. The van der Waals surface area contributed by atoms with Crippen molar-refractivity contribution in [3.63, 3.8) is 0 Å². The highest BCUT2D eigenvalue weighted by atomic mass is 16.5. The molecule has 2 rings (SSSR count). The number of hydrogen-bond acceptors (Lipinski definition) is 5. The number of aromatic nitrogens is 3. The van der Waals surface area contributed by atoms with E-state index in [4.69, 9.17) is 10.5 Å². The standard InChI is InChI=1S/C10H19N5O/c11-3-4-15-8-9(13-14-15)6-12-7-10-2-1-5-16-10/h8,10,12H,1-7,11H2. The topological polar surface area (TPSA) is 78.0 Å². The lowest BCUT2D eigenvalue weighted by Crippen LogP contribution is -2.25. The first-order chi connectivity index (χ1) is 7.88. The van der Waals surface area contributed by atoms with Crippen molar-refractivity contribution < 1.29 is 4.74 Å². The van der Waals surface area contributed by atoms with Crippen molar-refractivity contribution >= 4 is 0 Å². The van der Waals surface area contributed by atoms with Gasteiger partial charge in [-0.1, -0.05) is 5.21 Å². The van der Waals surface area contributed by atoms with E-state index in [0.29, 0.717) is 12.6 Å². The van der Waals surface area contributed by atoms with Crippen molar-refractivity contribution in [2.45, 2.75) is 32.0 Å². The zero-order valence-electron chi connectivity index (χ0n) is 9.43. The van der Waals surface area contributed by atoms with Crippen LogP contribution in [0.25, 0.3) is 0 Å². The normalized spacial score (nSPS) is 20.4. The summed E-state index contributed by atoms with van der Waals surface area (Å²) >= 11 is 0. The molecule has 0 bridgehead atoms. The van der Waals surface area contributed by atoms with Gasteiger partial charge < -0.3 is 15.8 Å². The predicted molar refractivity (Wildman–Crippen MR) is 59.8 cm³/mol. The maximum atomic E-state index is 5.51. The third-order valence-corrected chi connectivity index (χ3v) is 2.65. The first-order valence-corrected chi connectivity index (χ1v) is 5.80. The van der Waals surface area contributed by atoms with Crippen LogP contribution < -0.4 is 11.1 Å². The maximum Gasteiger partial charge on any atom is 0.0964 e. The Hall–Kier alpha value is -0.980. The Balaban J connectivity index is 1.67. The monoisotopic (exact) mass is 225 g/mol. The quantitative estimate of drug-likeness (QED) is 0.683. The van der Waals surface area contributed by atoms with Crippen LogP contribution in [0.3, 0.4) is 0 Å². The predicted octanol–water partition coefficient (Wildman–Crippen LogP) is -0.495. The highest BCUT2D eigenvalue weighted by molar-refractivity contribution is 4.91. The molecule has 1 aliphatic rings. The van der Waals surface area contributed by atoms with Crippen LogP contribution in [0, 0.1) is 0 Å². The minimum Gasteiger partial charge on any atom is -0.377 e. The van der Waals surface area contributed by atoms with E-state index in [-0.39, 0.29) is 0 Å². The Morgan fingerprint density at radius 3 is 3.31 bits per heavy atom. The Morgan fingerprint density at radius 1 is 1.62 bits per heavy atom. The van der Waals surface area contributed by atoms with Crippen LogP contribution in [0.4, 0.5) is 0 Å². The molecule has 0 aromatic carbocycles. The van der Waals surface area contributed by atoms with Crippen molar-refractivity contribution in [3.05, 3.63) is 11.9 Å². The van der Waals surface area contributed by atoms with Gasteiger partial charge in [-0.15, -0.1) is 5.10 Å². The van der Waals surface area contributed by atoms with E-state index in [1.165, 1.54) is 6.42 Å². The lowest BCUT2D eigenvalue weighted by Gasteiger charge is -2.08. The third-order valence-electron chi connectivity index (χ3n) is 2.65. The van der Waals surface area contributed by atoms with Gasteiger partial charge in [0.2, 0.25) is 0 Å². The van der Waals surface area contributed by atoms with Gasteiger partial charge in [0.05, 0.1) is 18.3 Å². The van der Waals surface area contributed by atoms with Gasteiger partial charge in [0.1, 0.15) is 0 Å². The van der Waals surface area contributed by atoms with Gasteiger partial charge in [-0.05, 0) is 12.8 Å². The van der Waals surface area contributed by atoms with Crippen molar-refractivity contribution in [1.29, 1.82) is 0 Å². The first kappa shape index (κ1) is 11.5. The van der Waals surface area contributed by atoms with Crippen molar-refractivity contribution in [3.8, 4) is 0 Å². The Kier molecular flexibility index (Phi) is 4.26. The molecule has 1 atom stereocenters. The zero-order valence-corrected chi connectivity index (χ0v) is 9.43. The fraction of sp³-hybridized carbons (Fsp3) is 0.800. The Labute approximate surface area is 95.1 Å². The molecule has 1 aliphatic heterocycles. The van der Waals surface area contributed by atoms with Crippen LogP contribution in [-0.2, 0) is 17.8 Å². The molecule has 0 radical (unpaired) electrons. The minimum absolute atomic E-state index is 0.374. The van der Waals surface area contributed by atoms with E-state index in [9.17, 15) is 0 Å². The summed E-state index contributed by atoms with van der Waals surface area (Å²) in [5.74, 6) is 0. The lowest BCUT2D eigenvalue weighted by atomic mass is 10.2. The highest BCUT2D eigenvalue weighted by Gasteiger charge is 2.14. The summed E-state index contributed by atoms with van der Waals surface area (Å²) in [6, 6.07) is 0. The summed E-state index contributed by atoms with van der Waals surface area (Å²) in [5, 5.41) is 11.4. The Morgan fingerprint density at radius 2 is 2.56 bits per heavy atom. The first-order valence-electron chi connectivity index (χ1n) is 5.80. The van der Waals surface area contributed by atoms with Gasteiger partial charge in [-0.3, -0.25) is 4.68 Å². The largest absolute Gasteiger partial charge is 0.377 e. The van der Waals surface area contributed by atoms with Crippen LogP contribution in [0.5, 0.6) is 0 Å². The maximum absolute atomic E-state index is 5.51. The van der Waals surface area contributed by atoms with E-state index in [1.807, 2.05) is 6.20 Å². The van der Waals surface area contributed by atoms with Gasteiger partial charge in [-0.25, -0.2) is 0 Å². The molecule has 2 heterocycles. The summed E-state index contributed by atoms with van der Waals surface area (Å²) in [7, 11) is 0. The van der Waals surface area contributed by atoms with Crippen molar-refractivity contribution in [2.75, 3.05) is 19.7 Å².